The molecular weight excluding hydrogens is 248 g/mol. The van der Waals surface area contributed by atoms with Crippen LogP contribution in [0.3, 0.4) is 0 Å². The second-order valence-electron chi connectivity index (χ2n) is 2.81. The number of carbonyl (C=O) groups is 2. The molecule has 0 aromatic heterocycles. The van der Waals surface area contributed by atoms with E-state index in [4.69, 9.17) is 0 Å². The van der Waals surface area contributed by atoms with Crippen molar-refractivity contribution in [2.24, 2.45) is 0 Å². The van der Waals surface area contributed by atoms with Gasteiger partial charge in [0.15, 0.2) is 0 Å². The molecule has 0 atom stereocenters. The molecule has 0 saturated heterocycles. The maximum absolute atomic E-state index is 11.3. The van der Waals surface area contributed by atoms with E-state index < -0.39 is 5.97 Å². The quantitative estimate of drug-likeness (QED) is 0.603. The van der Waals surface area contributed by atoms with Crippen molar-refractivity contribution < 1.29 is 14.3 Å². The number of aldehydes is 1. The van der Waals surface area contributed by atoms with Crippen molar-refractivity contribution in [2.75, 3.05) is 7.11 Å². The number of hydrogen-bond acceptors (Lipinski definition) is 3. The molecule has 0 amide bonds. The van der Waals surface area contributed by atoms with E-state index in [2.05, 4.69) is 20.7 Å². The number of halogens is 1. The van der Waals surface area contributed by atoms with Gasteiger partial charge in [-0.3, -0.25) is 4.79 Å². The molecule has 1 aromatic rings. The molecule has 0 bridgehead atoms. The predicted octanol–water partition coefficient (Wildman–Crippen LogP) is 2.36. The number of carbonyl (C=O) groups excluding carboxylic acids is 2. The second-order valence-corrected chi connectivity index (χ2v) is 3.60. The van der Waals surface area contributed by atoms with Crippen molar-refractivity contribution in [1.82, 2.24) is 0 Å². The van der Waals surface area contributed by atoms with Gasteiger partial charge in [-0.15, -0.1) is 0 Å². The molecule has 74 valence electrons. The molecule has 0 radical (unpaired) electrons. The van der Waals surface area contributed by atoms with Crippen molar-refractivity contribution >= 4 is 28.2 Å². The molecule has 14 heavy (non-hydrogen) atoms. The summed E-state index contributed by atoms with van der Waals surface area (Å²) in [7, 11) is 1.30. The Kier molecular flexibility index (Phi) is 3.41. The molecule has 1 aromatic carbocycles. The summed E-state index contributed by atoms with van der Waals surface area (Å²) in [6, 6.07) is 3.19. The Morgan fingerprint density at radius 2 is 2.14 bits per heavy atom. The second kappa shape index (κ2) is 4.37. The maximum Gasteiger partial charge on any atom is 0.339 e. The molecule has 0 heterocycles. The third-order valence-corrected chi connectivity index (χ3v) is 2.87. The predicted molar refractivity (Wildman–Crippen MR) is 55.6 cm³/mol. The highest BCUT2D eigenvalue weighted by Crippen LogP contribution is 2.23. The first-order valence-corrected chi connectivity index (χ1v) is 4.73. The Morgan fingerprint density at radius 1 is 1.50 bits per heavy atom. The highest BCUT2D eigenvalue weighted by atomic mass is 79.9. The minimum atomic E-state index is -0.455. The summed E-state index contributed by atoms with van der Waals surface area (Å²) in [5, 5.41) is 0. The molecule has 0 spiro atoms. The zero-order valence-corrected chi connectivity index (χ0v) is 9.42. The first-order chi connectivity index (χ1) is 6.60. The third-order valence-electron chi connectivity index (χ3n) is 1.82. The lowest BCUT2D eigenvalue weighted by Crippen LogP contribution is -2.04. The van der Waals surface area contributed by atoms with Crippen LogP contribution in [0.25, 0.3) is 0 Å². The van der Waals surface area contributed by atoms with E-state index in [0.717, 1.165) is 5.56 Å². The number of aryl methyl sites for hydroxylation is 1. The molecular formula is C10H9BrO3. The van der Waals surface area contributed by atoms with Gasteiger partial charge in [0, 0.05) is 10.0 Å². The van der Waals surface area contributed by atoms with Gasteiger partial charge in [-0.25, -0.2) is 4.79 Å². The minimum absolute atomic E-state index is 0.370. The van der Waals surface area contributed by atoms with Crippen LogP contribution in [0.5, 0.6) is 0 Å². The Morgan fingerprint density at radius 3 is 2.64 bits per heavy atom. The van der Waals surface area contributed by atoms with Crippen molar-refractivity contribution in [3.05, 3.63) is 33.3 Å². The van der Waals surface area contributed by atoms with E-state index in [-0.39, 0.29) is 0 Å². The molecule has 0 fully saturated rings. The van der Waals surface area contributed by atoms with Gasteiger partial charge >= 0.3 is 5.97 Å². The third kappa shape index (κ3) is 2.01. The van der Waals surface area contributed by atoms with Gasteiger partial charge in [0.1, 0.15) is 6.29 Å². The van der Waals surface area contributed by atoms with Gasteiger partial charge in [-0.05, 0) is 40.5 Å². The van der Waals surface area contributed by atoms with Gasteiger partial charge < -0.3 is 4.74 Å². The highest BCUT2D eigenvalue weighted by molar-refractivity contribution is 9.10. The molecule has 4 heteroatoms. The largest absolute Gasteiger partial charge is 0.465 e. The number of methoxy groups -OCH3 is 1. The van der Waals surface area contributed by atoms with Crippen LogP contribution in [0, 0.1) is 6.92 Å². The molecule has 0 aliphatic heterocycles. The van der Waals surface area contributed by atoms with Gasteiger partial charge in [0.2, 0.25) is 0 Å². The van der Waals surface area contributed by atoms with Gasteiger partial charge in [-0.1, -0.05) is 0 Å². The van der Waals surface area contributed by atoms with Crippen LogP contribution in [-0.4, -0.2) is 19.4 Å². The summed E-state index contributed by atoms with van der Waals surface area (Å²) in [4.78, 5) is 21.9. The molecule has 0 aliphatic carbocycles. The standard InChI is InChI=1S/C10H9BrO3/c1-6-3-7(5-12)4-8(9(6)11)10(13)14-2/h3-5H,1-2H3. The minimum Gasteiger partial charge on any atom is -0.465 e. The van der Waals surface area contributed by atoms with Crippen LogP contribution in [0.1, 0.15) is 26.3 Å². The Labute approximate surface area is 90.2 Å². The summed E-state index contributed by atoms with van der Waals surface area (Å²) in [6.07, 6.45) is 0.700. The summed E-state index contributed by atoms with van der Waals surface area (Å²) in [5.41, 5.74) is 1.66. The Balaban J connectivity index is 3.33. The maximum atomic E-state index is 11.3. The number of esters is 1. The van der Waals surface area contributed by atoms with Crippen LogP contribution in [-0.2, 0) is 4.74 Å². The monoisotopic (exact) mass is 256 g/mol. The van der Waals surface area contributed by atoms with Crippen molar-refractivity contribution in [2.45, 2.75) is 6.92 Å². The fourth-order valence-electron chi connectivity index (χ4n) is 1.12. The molecule has 0 saturated carbocycles. The normalized spacial score (nSPS) is 9.64. The van der Waals surface area contributed by atoms with E-state index in [1.165, 1.54) is 13.2 Å². The molecule has 3 nitrogen and oxygen atoms in total. The Bertz CT molecular complexity index is 385. The summed E-state index contributed by atoms with van der Waals surface area (Å²) in [5.74, 6) is -0.455. The van der Waals surface area contributed by atoms with E-state index in [0.29, 0.717) is 21.9 Å². The molecule has 1 rings (SSSR count). The number of ether oxygens (including phenoxy) is 1. The van der Waals surface area contributed by atoms with E-state index in [1.54, 1.807) is 6.07 Å². The summed E-state index contributed by atoms with van der Waals surface area (Å²) in [6.45, 7) is 1.81. The lowest BCUT2D eigenvalue weighted by atomic mass is 10.1. The molecule has 0 unspecified atom stereocenters. The van der Waals surface area contributed by atoms with Crippen molar-refractivity contribution in [3.8, 4) is 0 Å². The van der Waals surface area contributed by atoms with Gasteiger partial charge in [0.25, 0.3) is 0 Å². The molecule has 0 aliphatic rings. The number of rotatable bonds is 2. The lowest BCUT2D eigenvalue weighted by Gasteiger charge is -2.06. The van der Waals surface area contributed by atoms with Crippen LogP contribution in [0.4, 0.5) is 0 Å². The van der Waals surface area contributed by atoms with Gasteiger partial charge in [0.05, 0.1) is 12.7 Å². The van der Waals surface area contributed by atoms with Gasteiger partial charge in [-0.2, -0.15) is 0 Å². The van der Waals surface area contributed by atoms with Crippen LogP contribution in [0.2, 0.25) is 0 Å². The average Bonchev–Trinajstić information content (AvgIpc) is 2.20. The smallest absolute Gasteiger partial charge is 0.339 e. The zero-order valence-electron chi connectivity index (χ0n) is 7.83. The van der Waals surface area contributed by atoms with Crippen LogP contribution >= 0.6 is 15.9 Å². The topological polar surface area (TPSA) is 43.4 Å². The summed E-state index contributed by atoms with van der Waals surface area (Å²) < 4.78 is 5.25. The van der Waals surface area contributed by atoms with E-state index in [1.807, 2.05) is 6.92 Å². The van der Waals surface area contributed by atoms with Crippen LogP contribution < -0.4 is 0 Å². The highest BCUT2D eigenvalue weighted by Gasteiger charge is 2.13. The van der Waals surface area contributed by atoms with Crippen molar-refractivity contribution in [3.63, 3.8) is 0 Å². The first kappa shape index (κ1) is 10.9. The fourth-order valence-corrected chi connectivity index (χ4v) is 1.51. The lowest BCUT2D eigenvalue weighted by molar-refractivity contribution is 0.0599. The zero-order chi connectivity index (χ0) is 10.7. The Hall–Kier alpha value is -1.16. The van der Waals surface area contributed by atoms with Crippen molar-refractivity contribution in [1.29, 1.82) is 0 Å². The average molecular weight is 257 g/mol. The number of hydrogen-bond donors (Lipinski definition) is 0. The van der Waals surface area contributed by atoms with Crippen LogP contribution in [0.15, 0.2) is 16.6 Å². The fraction of sp³-hybridized carbons (Fsp3) is 0.200. The summed E-state index contributed by atoms with van der Waals surface area (Å²) >= 11 is 3.27. The molecule has 0 N–H and O–H groups in total. The van der Waals surface area contributed by atoms with E-state index in [9.17, 15) is 9.59 Å². The number of benzene rings is 1. The van der Waals surface area contributed by atoms with E-state index >= 15 is 0 Å². The first-order valence-electron chi connectivity index (χ1n) is 3.93. The SMILES string of the molecule is COC(=O)c1cc(C=O)cc(C)c1Br.